The number of halogens is 2. The molecule has 8 heteroatoms. The molecule has 1 N–H and O–H groups in total. The SMILES string of the molecule is O=c1[nH]c(-c2cccs2)nc2c1CCN(Cc1ccccc1OC(F)F)C2. The fourth-order valence-corrected chi connectivity index (χ4v) is 3.91. The van der Waals surface area contributed by atoms with Crippen molar-refractivity contribution in [2.24, 2.45) is 0 Å². The zero-order chi connectivity index (χ0) is 18.8. The van der Waals surface area contributed by atoms with E-state index in [0.717, 1.165) is 10.6 Å². The van der Waals surface area contributed by atoms with Gasteiger partial charge in [0.25, 0.3) is 5.56 Å². The lowest BCUT2D eigenvalue weighted by Gasteiger charge is -2.28. The summed E-state index contributed by atoms with van der Waals surface area (Å²) in [7, 11) is 0. The molecule has 0 aliphatic carbocycles. The van der Waals surface area contributed by atoms with Crippen LogP contribution in [0.2, 0.25) is 0 Å². The predicted octanol–water partition coefficient (Wildman–Crippen LogP) is 3.66. The number of nitrogens with one attached hydrogen (secondary N) is 1. The number of hydrogen-bond donors (Lipinski definition) is 1. The van der Waals surface area contributed by atoms with Gasteiger partial charge in [-0.1, -0.05) is 24.3 Å². The van der Waals surface area contributed by atoms with E-state index in [1.54, 1.807) is 18.2 Å². The number of hydrogen-bond acceptors (Lipinski definition) is 5. The molecular weight excluding hydrogens is 372 g/mol. The van der Waals surface area contributed by atoms with Gasteiger partial charge >= 0.3 is 6.61 Å². The van der Waals surface area contributed by atoms with Gasteiger partial charge in [-0.3, -0.25) is 9.69 Å². The second-order valence-electron chi connectivity index (χ2n) is 6.26. The van der Waals surface area contributed by atoms with Crippen LogP contribution in [-0.4, -0.2) is 28.0 Å². The van der Waals surface area contributed by atoms with Crippen LogP contribution in [0, 0.1) is 0 Å². The number of fused-ring (bicyclic) bond motifs is 1. The third-order valence-electron chi connectivity index (χ3n) is 4.49. The van der Waals surface area contributed by atoms with Crippen molar-refractivity contribution in [1.29, 1.82) is 0 Å². The molecule has 27 heavy (non-hydrogen) atoms. The van der Waals surface area contributed by atoms with E-state index in [4.69, 9.17) is 0 Å². The third-order valence-corrected chi connectivity index (χ3v) is 5.37. The van der Waals surface area contributed by atoms with Crippen molar-refractivity contribution in [3.8, 4) is 16.5 Å². The van der Waals surface area contributed by atoms with Gasteiger partial charge in [-0.15, -0.1) is 11.3 Å². The first-order valence-electron chi connectivity index (χ1n) is 8.51. The number of H-pyrrole nitrogens is 1. The zero-order valence-electron chi connectivity index (χ0n) is 14.3. The smallest absolute Gasteiger partial charge is 0.387 e. The number of thiophene rings is 1. The topological polar surface area (TPSA) is 58.2 Å². The number of aromatic nitrogens is 2. The van der Waals surface area contributed by atoms with Gasteiger partial charge in [0.15, 0.2) is 5.82 Å². The lowest BCUT2D eigenvalue weighted by atomic mass is 10.1. The van der Waals surface area contributed by atoms with E-state index in [9.17, 15) is 13.6 Å². The summed E-state index contributed by atoms with van der Waals surface area (Å²) in [6.07, 6.45) is 0.570. The van der Waals surface area contributed by atoms with Crippen molar-refractivity contribution in [3.05, 3.63) is 69.0 Å². The number of benzene rings is 1. The molecule has 4 rings (SSSR count). The highest BCUT2D eigenvalue weighted by atomic mass is 32.1. The average Bonchev–Trinajstić information content (AvgIpc) is 3.17. The molecule has 0 saturated heterocycles. The van der Waals surface area contributed by atoms with Crippen molar-refractivity contribution < 1.29 is 13.5 Å². The van der Waals surface area contributed by atoms with Gasteiger partial charge in [0.2, 0.25) is 0 Å². The average molecular weight is 389 g/mol. The standard InChI is InChI=1S/C19H17F2N3O2S/c20-19(21)26-15-5-2-1-4-12(15)10-24-8-7-13-14(11-24)22-17(23-18(13)25)16-6-3-9-27-16/h1-6,9,19H,7-8,10-11H2,(H,22,23,25). The molecule has 0 radical (unpaired) electrons. The second-order valence-corrected chi connectivity index (χ2v) is 7.21. The Morgan fingerprint density at radius 3 is 2.89 bits per heavy atom. The van der Waals surface area contributed by atoms with Crippen LogP contribution in [0.3, 0.4) is 0 Å². The summed E-state index contributed by atoms with van der Waals surface area (Å²) >= 11 is 1.51. The molecule has 3 heterocycles. The molecule has 0 saturated carbocycles. The second kappa shape index (κ2) is 7.58. The molecule has 0 spiro atoms. The molecule has 0 fully saturated rings. The van der Waals surface area contributed by atoms with Crippen LogP contribution < -0.4 is 10.3 Å². The third kappa shape index (κ3) is 3.91. The number of rotatable bonds is 5. The van der Waals surface area contributed by atoms with Crippen molar-refractivity contribution in [3.63, 3.8) is 0 Å². The molecule has 1 aromatic carbocycles. The Morgan fingerprint density at radius 2 is 2.11 bits per heavy atom. The Hall–Kier alpha value is -2.58. The van der Waals surface area contributed by atoms with Crippen LogP contribution in [0.15, 0.2) is 46.6 Å². The van der Waals surface area contributed by atoms with Crippen molar-refractivity contribution in [1.82, 2.24) is 14.9 Å². The van der Waals surface area contributed by atoms with Crippen molar-refractivity contribution >= 4 is 11.3 Å². The molecule has 1 aliphatic rings. The maximum atomic E-state index is 12.6. The first kappa shape index (κ1) is 17.8. The summed E-state index contributed by atoms with van der Waals surface area (Å²) in [4.78, 5) is 22.9. The largest absolute Gasteiger partial charge is 0.434 e. The Morgan fingerprint density at radius 1 is 1.26 bits per heavy atom. The van der Waals surface area contributed by atoms with Gasteiger partial charge in [-0.2, -0.15) is 8.78 Å². The van der Waals surface area contributed by atoms with Crippen molar-refractivity contribution in [2.75, 3.05) is 6.54 Å². The highest BCUT2D eigenvalue weighted by Crippen LogP contribution is 2.26. The van der Waals surface area contributed by atoms with E-state index in [-0.39, 0.29) is 11.3 Å². The number of aromatic amines is 1. The molecule has 2 aromatic heterocycles. The molecule has 5 nitrogen and oxygen atoms in total. The summed E-state index contributed by atoms with van der Waals surface area (Å²) in [5.74, 6) is 0.744. The van der Waals surface area contributed by atoms with Gasteiger partial charge in [-0.25, -0.2) is 4.98 Å². The molecular formula is C19H17F2N3O2S. The zero-order valence-corrected chi connectivity index (χ0v) is 15.1. The fraction of sp³-hybridized carbons (Fsp3) is 0.263. The van der Waals surface area contributed by atoms with E-state index in [0.29, 0.717) is 43.0 Å². The number of para-hydroxylation sites is 1. The molecule has 0 atom stereocenters. The molecule has 1 aliphatic heterocycles. The Balaban J connectivity index is 1.58. The van der Waals surface area contributed by atoms with Crippen molar-refractivity contribution in [2.45, 2.75) is 26.1 Å². The minimum absolute atomic E-state index is 0.107. The van der Waals surface area contributed by atoms with Crippen LogP contribution >= 0.6 is 11.3 Å². The Kier molecular flexibility index (Phi) is 5.00. The molecule has 3 aromatic rings. The van der Waals surface area contributed by atoms with Crippen LogP contribution in [0.5, 0.6) is 5.75 Å². The number of alkyl halides is 2. The lowest BCUT2D eigenvalue weighted by molar-refractivity contribution is -0.0508. The maximum absolute atomic E-state index is 12.6. The highest BCUT2D eigenvalue weighted by Gasteiger charge is 2.22. The minimum atomic E-state index is -2.86. The summed E-state index contributed by atoms with van der Waals surface area (Å²) in [5.41, 5.74) is 2.01. The predicted molar refractivity (Wildman–Crippen MR) is 99.1 cm³/mol. The van der Waals surface area contributed by atoms with Gasteiger partial charge in [0.05, 0.1) is 10.6 Å². The van der Waals surface area contributed by atoms with E-state index in [1.165, 1.54) is 17.4 Å². The number of ether oxygens (including phenoxy) is 1. The normalized spacial score (nSPS) is 14.3. The molecule has 0 unspecified atom stereocenters. The van der Waals surface area contributed by atoms with Gasteiger partial charge < -0.3 is 9.72 Å². The van der Waals surface area contributed by atoms with Crippen LogP contribution in [0.25, 0.3) is 10.7 Å². The molecule has 0 bridgehead atoms. The van der Waals surface area contributed by atoms with E-state index in [2.05, 4.69) is 19.6 Å². The fourth-order valence-electron chi connectivity index (χ4n) is 3.25. The Bertz CT molecular complexity index is 989. The van der Waals surface area contributed by atoms with E-state index >= 15 is 0 Å². The molecule has 0 amide bonds. The lowest BCUT2D eigenvalue weighted by Crippen LogP contribution is -2.35. The van der Waals surface area contributed by atoms with Gasteiger partial charge in [0, 0.05) is 30.8 Å². The van der Waals surface area contributed by atoms with E-state index < -0.39 is 6.61 Å². The quantitative estimate of drug-likeness (QED) is 0.724. The summed E-state index contributed by atoms with van der Waals surface area (Å²) in [6, 6.07) is 10.6. The first-order chi connectivity index (χ1) is 13.1. The number of nitrogens with zero attached hydrogens (tertiary/aromatic N) is 2. The van der Waals surface area contributed by atoms with Gasteiger partial charge in [-0.05, 0) is 23.9 Å². The monoisotopic (exact) mass is 389 g/mol. The van der Waals surface area contributed by atoms with Crippen LogP contribution in [0.4, 0.5) is 8.78 Å². The summed E-state index contributed by atoms with van der Waals surface area (Å²) in [6.45, 7) is -1.27. The van der Waals surface area contributed by atoms with Gasteiger partial charge in [0.1, 0.15) is 5.75 Å². The van der Waals surface area contributed by atoms with E-state index in [1.807, 2.05) is 17.5 Å². The summed E-state index contributed by atoms with van der Waals surface area (Å²) in [5, 5.41) is 1.93. The summed E-state index contributed by atoms with van der Waals surface area (Å²) < 4.78 is 29.8. The van der Waals surface area contributed by atoms with Crippen LogP contribution in [0.1, 0.15) is 16.8 Å². The highest BCUT2D eigenvalue weighted by molar-refractivity contribution is 7.13. The first-order valence-corrected chi connectivity index (χ1v) is 9.39. The van der Waals surface area contributed by atoms with Crippen LogP contribution in [-0.2, 0) is 19.5 Å². The Labute approximate surface area is 158 Å². The maximum Gasteiger partial charge on any atom is 0.387 e. The minimum Gasteiger partial charge on any atom is -0.434 e. The molecule has 140 valence electrons.